The van der Waals surface area contributed by atoms with E-state index in [9.17, 15) is 29.1 Å². The number of amides is 4. The summed E-state index contributed by atoms with van der Waals surface area (Å²) in [5, 5.41) is 15.3. The summed E-state index contributed by atoms with van der Waals surface area (Å²) in [7, 11) is 4.69. The molecule has 0 radical (unpaired) electrons. The number of hydrogen-bond acceptors (Lipinski definition) is 10. The molecule has 11 atom stereocenters. The number of hydrogen-bond donors (Lipinski definition) is 2. The Morgan fingerprint density at radius 1 is 0.968 bits per heavy atom. The molecule has 0 spiro atoms. The number of cyclic esters (lactones) is 1. The largest absolute Gasteiger partial charge is 0.497 e. The van der Waals surface area contributed by atoms with Crippen LogP contribution in [0.15, 0.2) is 40.9 Å². The quantitative estimate of drug-likeness (QED) is 0.300. The van der Waals surface area contributed by atoms with Crippen LogP contribution < -0.4 is 10.1 Å². The molecule has 3 aliphatic rings. The van der Waals surface area contributed by atoms with Gasteiger partial charge < -0.3 is 34.6 Å². The number of aliphatic imine (C=N–C) groups is 1. The van der Waals surface area contributed by atoms with Crippen LogP contribution in [0.2, 0.25) is 0 Å². The lowest BCUT2D eigenvalue weighted by Crippen LogP contribution is -2.59. The smallest absolute Gasteiger partial charge is 0.329 e. The van der Waals surface area contributed by atoms with Gasteiger partial charge in [0, 0.05) is 44.3 Å². The molecule has 4 amide bonds. The van der Waals surface area contributed by atoms with E-state index >= 15 is 0 Å². The van der Waals surface area contributed by atoms with Gasteiger partial charge in [0.1, 0.15) is 36.0 Å². The Bertz CT molecular complexity index is 1800. The number of thioether (sulfide) groups is 1. The van der Waals surface area contributed by atoms with Crippen LogP contribution >= 0.6 is 11.8 Å². The van der Waals surface area contributed by atoms with Gasteiger partial charge >= 0.3 is 5.97 Å². The lowest BCUT2D eigenvalue weighted by Gasteiger charge is -2.39. The van der Waals surface area contributed by atoms with Crippen LogP contribution in [-0.4, -0.2) is 130 Å². The molecule has 0 saturated carbocycles. The number of benzene rings is 1. The highest BCUT2D eigenvalue weighted by atomic mass is 32.2. The van der Waals surface area contributed by atoms with Crippen molar-refractivity contribution >= 4 is 46.4 Å². The summed E-state index contributed by atoms with van der Waals surface area (Å²) in [4.78, 5) is 81.0. The first-order valence-corrected chi connectivity index (χ1v) is 23.6. The SMILES string of the molecule is CC[C@H](C)[C@H]1C(=O)N2CCC[C@H]2C(=O)O[C@H]([C@@H](C)CC(C)(C)C)C[C@@H](C)C[C@H](O)[C@H](C)C2=N[C@@H](/C=C(/C)C(=O)N[C@@H](Cc3ccc(OC)cc3)C(=O)N(C)[C@@H](C)C(=O)N1C)CS2. The zero-order valence-corrected chi connectivity index (χ0v) is 40.4. The minimum atomic E-state index is -1.04. The number of aliphatic hydroxyl groups excluding tert-OH is 1. The Morgan fingerprint density at radius 3 is 2.24 bits per heavy atom. The van der Waals surface area contributed by atoms with Gasteiger partial charge in [0.2, 0.25) is 23.6 Å². The third kappa shape index (κ3) is 13.1. The van der Waals surface area contributed by atoms with E-state index in [-0.39, 0.29) is 47.5 Å². The number of nitrogens with one attached hydrogen (secondary N) is 1. The molecule has 1 aromatic rings. The zero-order valence-electron chi connectivity index (χ0n) is 39.6. The van der Waals surface area contributed by atoms with Crippen molar-refractivity contribution in [3.8, 4) is 5.75 Å². The predicted molar refractivity (Wildman–Crippen MR) is 246 cm³/mol. The molecule has 14 heteroatoms. The normalized spacial score (nSPS) is 31.2. The number of carbonyl (C=O) groups excluding carboxylic acids is 5. The molecule has 0 unspecified atom stereocenters. The lowest BCUT2D eigenvalue weighted by atomic mass is 9.80. The number of methoxy groups -OCH3 is 1. The van der Waals surface area contributed by atoms with Crippen LogP contribution in [0.4, 0.5) is 0 Å². The molecule has 346 valence electrons. The fraction of sp³-hybridized carbons (Fsp3) is 0.708. The number of carbonyl (C=O) groups is 5. The molecule has 13 nitrogen and oxygen atoms in total. The molecule has 1 fully saturated rings. The van der Waals surface area contributed by atoms with E-state index in [4.69, 9.17) is 14.5 Å². The maximum absolute atomic E-state index is 14.7. The first kappa shape index (κ1) is 50.7. The fourth-order valence-corrected chi connectivity index (χ4v) is 10.2. The highest BCUT2D eigenvalue weighted by molar-refractivity contribution is 8.14. The molecule has 1 aromatic carbocycles. The van der Waals surface area contributed by atoms with Crippen molar-refractivity contribution in [1.82, 2.24) is 20.0 Å². The summed E-state index contributed by atoms with van der Waals surface area (Å²) in [6.07, 6.45) is 4.29. The van der Waals surface area contributed by atoms with Gasteiger partial charge in [-0.15, -0.1) is 11.8 Å². The second-order valence-corrected chi connectivity index (χ2v) is 20.6. The van der Waals surface area contributed by atoms with Gasteiger partial charge in [0.05, 0.1) is 24.3 Å². The highest BCUT2D eigenvalue weighted by Crippen LogP contribution is 2.34. The Balaban J connectivity index is 1.75. The maximum atomic E-state index is 14.7. The van der Waals surface area contributed by atoms with Gasteiger partial charge in [-0.25, -0.2) is 4.79 Å². The average Bonchev–Trinajstić information content (AvgIpc) is 3.91. The molecule has 0 aliphatic carbocycles. The molecule has 3 aliphatic heterocycles. The molecular weight excluding hydrogens is 807 g/mol. The second kappa shape index (κ2) is 22.1. The Kier molecular flexibility index (Phi) is 18.1. The van der Waals surface area contributed by atoms with Gasteiger partial charge in [-0.05, 0) is 86.8 Å². The summed E-state index contributed by atoms with van der Waals surface area (Å²) in [5.74, 6) is -1.37. The lowest BCUT2D eigenvalue weighted by molar-refractivity contribution is -0.164. The number of ether oxygens (including phenoxy) is 2. The molecule has 2 bridgehead atoms. The van der Waals surface area contributed by atoms with Gasteiger partial charge in [0.25, 0.3) is 0 Å². The van der Waals surface area contributed by atoms with Gasteiger partial charge in [-0.2, -0.15) is 0 Å². The van der Waals surface area contributed by atoms with Gasteiger partial charge in [-0.3, -0.25) is 24.2 Å². The van der Waals surface area contributed by atoms with Crippen molar-refractivity contribution in [2.45, 2.75) is 157 Å². The van der Waals surface area contributed by atoms with Crippen LogP contribution in [0, 0.1) is 29.1 Å². The third-order valence-corrected chi connectivity index (χ3v) is 14.4. The van der Waals surface area contributed by atoms with Gasteiger partial charge in [0.15, 0.2) is 0 Å². The van der Waals surface area contributed by atoms with Crippen molar-refractivity contribution in [2.24, 2.45) is 34.1 Å². The zero-order chi connectivity index (χ0) is 46.2. The van der Waals surface area contributed by atoms with Gasteiger partial charge in [-0.1, -0.05) is 80.0 Å². The van der Waals surface area contributed by atoms with E-state index in [0.29, 0.717) is 55.7 Å². The van der Waals surface area contributed by atoms with Crippen LogP contribution in [0.3, 0.4) is 0 Å². The van der Waals surface area contributed by atoms with E-state index in [1.165, 1.54) is 16.8 Å². The van der Waals surface area contributed by atoms with E-state index in [2.05, 4.69) is 39.9 Å². The van der Waals surface area contributed by atoms with Crippen LogP contribution in [0.25, 0.3) is 0 Å². The molecule has 0 aromatic heterocycles. The van der Waals surface area contributed by atoms with Crippen molar-refractivity contribution in [3.63, 3.8) is 0 Å². The summed E-state index contributed by atoms with van der Waals surface area (Å²) < 4.78 is 11.8. The molecular formula is C48H75N5O8S. The fourth-order valence-electron chi connectivity index (χ4n) is 9.07. The Morgan fingerprint density at radius 2 is 1.63 bits per heavy atom. The van der Waals surface area contributed by atoms with Crippen molar-refractivity contribution in [3.05, 3.63) is 41.5 Å². The number of likely N-dealkylation sites (N-methyl/N-ethyl adjacent to an activating group) is 2. The monoisotopic (exact) mass is 882 g/mol. The van der Waals surface area contributed by atoms with E-state index in [0.717, 1.165) is 17.0 Å². The summed E-state index contributed by atoms with van der Waals surface area (Å²) in [6, 6.07) is 3.19. The number of aliphatic hydroxyl groups is 1. The first-order chi connectivity index (χ1) is 29.1. The second-order valence-electron chi connectivity index (χ2n) is 19.5. The summed E-state index contributed by atoms with van der Waals surface area (Å²) in [5.41, 5.74) is 1.15. The number of nitrogens with zero attached hydrogens (tertiary/aromatic N) is 4. The van der Waals surface area contributed by atoms with Crippen LogP contribution in [-0.2, 0) is 35.1 Å². The molecule has 3 heterocycles. The van der Waals surface area contributed by atoms with Crippen molar-refractivity contribution in [2.75, 3.05) is 33.5 Å². The molecule has 4 rings (SSSR count). The van der Waals surface area contributed by atoms with E-state index < -0.39 is 60.1 Å². The standard InChI is InChI=1S/C48H75N5O8S/c1-14-29(3)41-46(58)53-21-15-16-38(53)47(59)61-40(31(5)26-48(8,9)10)23-28(2)22-39(54)32(6)43-49-35(27-62-43)24-30(4)42(55)50-37(25-34-17-19-36(60-13)20-18-34)45(57)51(11)33(7)44(56)52(41)12/h17-20,24,28-29,31-33,35,37-41,54H,14-16,21-23,25-27H2,1-13H3,(H,50,55)/b30-24-/t28-,29-,31-,32-,33-,35-,37-,38-,39-,40-,41-/m0/s1. The Hall–Kier alpha value is -3.91. The predicted octanol–water partition coefficient (Wildman–Crippen LogP) is 6.30. The Labute approximate surface area is 375 Å². The average molecular weight is 882 g/mol. The molecule has 62 heavy (non-hydrogen) atoms. The number of esters is 1. The molecule has 2 N–H and O–H groups in total. The van der Waals surface area contributed by atoms with Crippen LogP contribution in [0.5, 0.6) is 5.75 Å². The minimum absolute atomic E-state index is 0.000217. The number of fused-ring (bicyclic) bond motifs is 2. The van der Waals surface area contributed by atoms with Crippen molar-refractivity contribution in [1.29, 1.82) is 0 Å². The van der Waals surface area contributed by atoms with Crippen molar-refractivity contribution < 1.29 is 38.6 Å². The minimum Gasteiger partial charge on any atom is -0.497 e. The van der Waals surface area contributed by atoms with E-state index in [1.54, 1.807) is 62.9 Å². The molecule has 1 saturated heterocycles. The maximum Gasteiger partial charge on any atom is 0.329 e. The highest BCUT2D eigenvalue weighted by Gasteiger charge is 2.44. The first-order valence-electron chi connectivity index (χ1n) is 22.6. The topological polar surface area (TPSA) is 158 Å². The summed E-state index contributed by atoms with van der Waals surface area (Å²) >= 11 is 1.57. The van der Waals surface area contributed by atoms with E-state index in [1.807, 2.05) is 32.9 Å². The summed E-state index contributed by atoms with van der Waals surface area (Å²) in [6.45, 7) is 20.2. The number of rotatable bonds is 7. The van der Waals surface area contributed by atoms with Crippen LogP contribution in [0.1, 0.15) is 113 Å². The third-order valence-electron chi connectivity index (χ3n) is 13.1.